The molecule has 1 aliphatic rings. The lowest BCUT2D eigenvalue weighted by Crippen LogP contribution is -2.39. The number of hydrogen-bond acceptors (Lipinski definition) is 3. The van der Waals surface area contributed by atoms with Gasteiger partial charge in [-0.3, -0.25) is 15.0 Å². The molecule has 0 spiro atoms. The van der Waals surface area contributed by atoms with E-state index < -0.39 is 12.1 Å². The smallest absolute Gasteiger partial charge is 0.329 e. The van der Waals surface area contributed by atoms with E-state index >= 15 is 0 Å². The first kappa shape index (κ1) is 15.6. The number of carbonyl (C=O) groups excluding carboxylic acids is 2. The Balaban J connectivity index is 1.79. The number of amides is 3. The molecule has 0 radical (unpaired) electrons. The third kappa shape index (κ3) is 3.37. The van der Waals surface area contributed by atoms with Gasteiger partial charge in [0.25, 0.3) is 5.91 Å². The Bertz CT molecular complexity index is 746. The number of hydrogen-bond donors (Lipinski definition) is 1. The van der Waals surface area contributed by atoms with Gasteiger partial charge < -0.3 is 4.74 Å². The molecule has 1 unspecified atom stereocenters. The topological polar surface area (TPSA) is 58.6 Å². The Labute approximate surface area is 142 Å². The van der Waals surface area contributed by atoms with Crippen molar-refractivity contribution in [1.82, 2.24) is 5.32 Å². The quantitative estimate of drug-likeness (QED) is 0.835. The van der Waals surface area contributed by atoms with Crippen LogP contribution in [-0.4, -0.2) is 24.6 Å². The van der Waals surface area contributed by atoms with Crippen LogP contribution in [0.4, 0.5) is 10.5 Å². The highest BCUT2D eigenvalue weighted by atomic mass is 79.9. The second-order valence-electron chi connectivity index (χ2n) is 5.28. The standard InChI is InChI=1S/C17H15BrN2O3/c1-11-5-7-14(8-6-11)23-10-15-16(21)19-17(22)20(15)13-4-2-3-12(18)9-13/h2-9,15H,10H2,1H3,(H,19,21,22). The summed E-state index contributed by atoms with van der Waals surface area (Å²) >= 11 is 3.37. The second-order valence-corrected chi connectivity index (χ2v) is 6.20. The van der Waals surface area contributed by atoms with E-state index in [2.05, 4.69) is 21.2 Å². The molecule has 2 aromatic carbocycles. The lowest BCUT2D eigenvalue weighted by atomic mass is 10.2. The number of halogens is 1. The number of nitrogens with one attached hydrogen (secondary N) is 1. The maximum Gasteiger partial charge on any atom is 0.329 e. The van der Waals surface area contributed by atoms with Crippen LogP contribution < -0.4 is 15.0 Å². The van der Waals surface area contributed by atoms with E-state index in [0.29, 0.717) is 11.4 Å². The van der Waals surface area contributed by atoms with Gasteiger partial charge in [0.2, 0.25) is 0 Å². The third-order valence-electron chi connectivity index (χ3n) is 3.58. The average Bonchev–Trinajstić information content (AvgIpc) is 2.80. The van der Waals surface area contributed by atoms with Crippen LogP contribution in [0.1, 0.15) is 5.56 Å². The van der Waals surface area contributed by atoms with Crippen molar-refractivity contribution in [2.45, 2.75) is 13.0 Å². The predicted molar refractivity (Wildman–Crippen MR) is 90.6 cm³/mol. The zero-order chi connectivity index (χ0) is 16.4. The fourth-order valence-electron chi connectivity index (χ4n) is 2.39. The normalized spacial score (nSPS) is 17.3. The average molecular weight is 375 g/mol. The molecular formula is C17H15BrN2O3. The van der Waals surface area contributed by atoms with Crippen LogP contribution in [0.5, 0.6) is 5.75 Å². The van der Waals surface area contributed by atoms with E-state index in [1.54, 1.807) is 12.1 Å². The van der Waals surface area contributed by atoms with Gasteiger partial charge in [0.05, 0.1) is 0 Å². The molecule has 1 aliphatic heterocycles. The van der Waals surface area contributed by atoms with Crippen LogP contribution in [0.2, 0.25) is 0 Å². The van der Waals surface area contributed by atoms with Gasteiger partial charge in [-0.05, 0) is 37.3 Å². The highest BCUT2D eigenvalue weighted by molar-refractivity contribution is 9.10. The summed E-state index contributed by atoms with van der Waals surface area (Å²) in [5.74, 6) is 0.305. The molecule has 0 saturated carbocycles. The number of urea groups is 1. The van der Waals surface area contributed by atoms with Crippen LogP contribution in [0.3, 0.4) is 0 Å². The third-order valence-corrected chi connectivity index (χ3v) is 4.07. The van der Waals surface area contributed by atoms with Gasteiger partial charge in [-0.2, -0.15) is 0 Å². The molecule has 118 valence electrons. The van der Waals surface area contributed by atoms with Gasteiger partial charge >= 0.3 is 6.03 Å². The molecule has 1 N–H and O–H groups in total. The molecular weight excluding hydrogens is 360 g/mol. The van der Waals surface area contributed by atoms with E-state index in [9.17, 15) is 9.59 Å². The van der Waals surface area contributed by atoms with E-state index in [1.165, 1.54) is 4.90 Å². The van der Waals surface area contributed by atoms with Crippen LogP contribution >= 0.6 is 15.9 Å². The molecule has 1 atom stereocenters. The first-order chi connectivity index (χ1) is 11.0. The summed E-state index contributed by atoms with van der Waals surface area (Å²) in [6.07, 6.45) is 0. The number of imide groups is 1. The van der Waals surface area contributed by atoms with Crippen LogP contribution in [0.15, 0.2) is 53.0 Å². The number of aryl methyl sites for hydroxylation is 1. The first-order valence-electron chi connectivity index (χ1n) is 7.14. The first-order valence-corrected chi connectivity index (χ1v) is 7.93. The molecule has 3 rings (SSSR count). The summed E-state index contributed by atoms with van der Waals surface area (Å²) < 4.78 is 6.51. The number of benzene rings is 2. The summed E-state index contributed by atoms with van der Waals surface area (Å²) in [7, 11) is 0. The highest BCUT2D eigenvalue weighted by Crippen LogP contribution is 2.25. The van der Waals surface area contributed by atoms with Gasteiger partial charge in [-0.1, -0.05) is 39.7 Å². The number of anilines is 1. The van der Waals surface area contributed by atoms with E-state index in [0.717, 1.165) is 10.0 Å². The molecule has 1 saturated heterocycles. The van der Waals surface area contributed by atoms with Crippen LogP contribution in [0.25, 0.3) is 0 Å². The predicted octanol–water partition coefficient (Wildman–Crippen LogP) is 3.26. The van der Waals surface area contributed by atoms with E-state index in [1.807, 2.05) is 43.3 Å². The Kier molecular flexibility index (Phi) is 4.34. The minimum atomic E-state index is -0.696. The largest absolute Gasteiger partial charge is 0.491 e. The maximum absolute atomic E-state index is 12.1. The van der Waals surface area contributed by atoms with Gasteiger partial charge in [-0.15, -0.1) is 0 Å². The Morgan fingerprint density at radius 3 is 2.61 bits per heavy atom. The fraction of sp³-hybridized carbons (Fsp3) is 0.176. The zero-order valence-electron chi connectivity index (χ0n) is 12.5. The fourth-order valence-corrected chi connectivity index (χ4v) is 2.78. The summed E-state index contributed by atoms with van der Waals surface area (Å²) in [4.78, 5) is 25.6. The molecule has 6 heteroatoms. The molecule has 1 fully saturated rings. The SMILES string of the molecule is Cc1ccc(OCC2C(=O)NC(=O)N2c2cccc(Br)c2)cc1. The molecule has 23 heavy (non-hydrogen) atoms. The molecule has 2 aromatic rings. The van der Waals surface area contributed by atoms with E-state index in [4.69, 9.17) is 4.74 Å². The minimum Gasteiger partial charge on any atom is -0.491 e. The Hall–Kier alpha value is -2.34. The van der Waals surface area contributed by atoms with Gasteiger partial charge in [0.1, 0.15) is 12.4 Å². The molecule has 0 bridgehead atoms. The molecule has 0 aliphatic carbocycles. The summed E-state index contributed by atoms with van der Waals surface area (Å²) in [6.45, 7) is 2.08. The summed E-state index contributed by atoms with van der Waals surface area (Å²) in [5.41, 5.74) is 1.77. The van der Waals surface area contributed by atoms with E-state index in [-0.39, 0.29) is 12.5 Å². The van der Waals surface area contributed by atoms with Crippen molar-refractivity contribution in [1.29, 1.82) is 0 Å². The number of nitrogens with zero attached hydrogens (tertiary/aromatic N) is 1. The van der Waals surface area contributed by atoms with Crippen molar-refractivity contribution in [3.8, 4) is 5.75 Å². The van der Waals surface area contributed by atoms with Gasteiger partial charge in [0, 0.05) is 10.2 Å². The molecule has 0 aromatic heterocycles. The highest BCUT2D eigenvalue weighted by Gasteiger charge is 2.40. The molecule has 3 amide bonds. The van der Waals surface area contributed by atoms with Crippen molar-refractivity contribution >= 4 is 33.6 Å². The van der Waals surface area contributed by atoms with Crippen molar-refractivity contribution in [2.75, 3.05) is 11.5 Å². The van der Waals surface area contributed by atoms with Gasteiger partial charge in [-0.25, -0.2) is 4.79 Å². The molecule has 5 nitrogen and oxygen atoms in total. The molecule has 1 heterocycles. The van der Waals surface area contributed by atoms with Crippen molar-refractivity contribution < 1.29 is 14.3 Å². The zero-order valence-corrected chi connectivity index (χ0v) is 14.0. The lowest BCUT2D eigenvalue weighted by molar-refractivity contribution is -0.120. The number of rotatable bonds is 4. The van der Waals surface area contributed by atoms with Crippen molar-refractivity contribution in [3.05, 3.63) is 58.6 Å². The number of ether oxygens (including phenoxy) is 1. The minimum absolute atomic E-state index is 0.0904. The monoisotopic (exact) mass is 374 g/mol. The number of carbonyl (C=O) groups is 2. The summed E-state index contributed by atoms with van der Waals surface area (Å²) in [6, 6.07) is 13.6. The van der Waals surface area contributed by atoms with Crippen molar-refractivity contribution in [3.63, 3.8) is 0 Å². The second kappa shape index (κ2) is 6.42. The summed E-state index contributed by atoms with van der Waals surface area (Å²) in [5, 5.41) is 2.33. The van der Waals surface area contributed by atoms with Crippen molar-refractivity contribution in [2.24, 2.45) is 0 Å². The van der Waals surface area contributed by atoms with Crippen LogP contribution in [0, 0.1) is 6.92 Å². The lowest BCUT2D eigenvalue weighted by Gasteiger charge is -2.22. The van der Waals surface area contributed by atoms with Crippen LogP contribution in [-0.2, 0) is 4.79 Å². The van der Waals surface area contributed by atoms with Gasteiger partial charge in [0.15, 0.2) is 6.04 Å². The Morgan fingerprint density at radius 1 is 1.17 bits per heavy atom. The Morgan fingerprint density at radius 2 is 1.91 bits per heavy atom. The maximum atomic E-state index is 12.1.